The zero-order chi connectivity index (χ0) is 21.2. The van der Waals surface area contributed by atoms with E-state index in [1.807, 2.05) is 18.2 Å². The average molecular weight is 401 g/mol. The molecule has 0 bridgehead atoms. The van der Waals surface area contributed by atoms with Crippen LogP contribution < -0.4 is 11.3 Å². The maximum atomic E-state index is 14.3. The Balaban J connectivity index is 2.04. The predicted octanol–water partition coefficient (Wildman–Crippen LogP) is 4.64. The molecule has 0 aliphatic heterocycles. The molecule has 5 aromatic rings. The van der Waals surface area contributed by atoms with Gasteiger partial charge < -0.3 is 10.7 Å². The van der Waals surface area contributed by atoms with Gasteiger partial charge in [-0.2, -0.15) is 5.10 Å². The Morgan fingerprint density at radius 3 is 2.63 bits per heavy atom. The van der Waals surface area contributed by atoms with E-state index in [4.69, 9.17) is 5.73 Å². The Kier molecular flexibility index (Phi) is 3.74. The molecule has 0 spiro atoms. The highest BCUT2D eigenvalue weighted by Crippen LogP contribution is 2.40. The summed E-state index contributed by atoms with van der Waals surface area (Å²) in [5, 5.41) is 8.86. The molecule has 4 N–H and O–H groups in total. The lowest BCUT2D eigenvalue weighted by Crippen LogP contribution is -2.16. The van der Waals surface area contributed by atoms with Gasteiger partial charge in [0.2, 0.25) is 0 Å². The minimum Gasteiger partial charge on any atom is -0.394 e. The second kappa shape index (κ2) is 6.13. The number of nitrogens with one attached hydrogen (secondary N) is 2. The first-order chi connectivity index (χ1) is 14.3. The predicted molar refractivity (Wildman–Crippen MR) is 118 cm³/mol. The summed E-state index contributed by atoms with van der Waals surface area (Å²) in [6.07, 6.45) is 3.29. The smallest absolute Gasteiger partial charge is 0.272 e. The second-order valence-electron chi connectivity index (χ2n) is 8.49. The van der Waals surface area contributed by atoms with Gasteiger partial charge in [-0.25, -0.2) is 4.39 Å². The standard InChI is InChI=1S/C23H20FN5O/c1-23(2,3)15-9-13-17(11-6-7-16(24)21-14(11)10-27-29-21)18(25)22(30)28-19(13)12-5-4-8-26-20(12)15/h4-10H,25H2,1-3H3,(H,27,29)(H,28,30). The number of rotatable bonds is 1. The van der Waals surface area contributed by atoms with Gasteiger partial charge in [0.15, 0.2) is 0 Å². The fourth-order valence-corrected chi connectivity index (χ4v) is 4.10. The van der Waals surface area contributed by atoms with Crippen LogP contribution in [0.2, 0.25) is 0 Å². The Hall–Kier alpha value is -3.74. The number of hydrogen-bond donors (Lipinski definition) is 3. The summed E-state index contributed by atoms with van der Waals surface area (Å²) in [4.78, 5) is 20.3. The fraction of sp³-hybridized carbons (Fsp3) is 0.174. The van der Waals surface area contributed by atoms with Crippen molar-refractivity contribution in [2.24, 2.45) is 0 Å². The lowest BCUT2D eigenvalue weighted by molar-refractivity contribution is 0.595. The first kappa shape index (κ1) is 18.3. The van der Waals surface area contributed by atoms with Crippen molar-refractivity contribution in [1.29, 1.82) is 0 Å². The van der Waals surface area contributed by atoms with E-state index < -0.39 is 11.4 Å². The molecular weight excluding hydrogens is 381 g/mol. The van der Waals surface area contributed by atoms with Crippen molar-refractivity contribution < 1.29 is 4.39 Å². The van der Waals surface area contributed by atoms with Gasteiger partial charge in [0.1, 0.15) is 17.0 Å². The normalized spacial score (nSPS) is 12.3. The number of halogens is 1. The van der Waals surface area contributed by atoms with Gasteiger partial charge in [-0.1, -0.05) is 26.8 Å². The first-order valence-electron chi connectivity index (χ1n) is 9.63. The number of aromatic nitrogens is 4. The molecular formula is C23H20FN5O. The fourth-order valence-electron chi connectivity index (χ4n) is 4.10. The number of pyridine rings is 2. The molecule has 0 saturated heterocycles. The van der Waals surface area contributed by atoms with Gasteiger partial charge in [-0.3, -0.25) is 14.9 Å². The van der Waals surface area contributed by atoms with Crippen LogP contribution in [-0.4, -0.2) is 20.2 Å². The molecule has 0 fully saturated rings. The third-order valence-corrected chi connectivity index (χ3v) is 5.55. The van der Waals surface area contributed by atoms with E-state index in [0.717, 1.165) is 21.9 Å². The van der Waals surface area contributed by atoms with E-state index >= 15 is 0 Å². The quantitative estimate of drug-likeness (QED) is 0.356. The molecule has 2 aromatic carbocycles. The number of nitrogens with two attached hydrogens (primary N) is 1. The Bertz CT molecular complexity index is 1520. The summed E-state index contributed by atoms with van der Waals surface area (Å²) < 4.78 is 14.3. The van der Waals surface area contributed by atoms with Crippen LogP contribution in [0, 0.1) is 5.82 Å². The summed E-state index contributed by atoms with van der Waals surface area (Å²) in [5.41, 5.74) is 9.80. The van der Waals surface area contributed by atoms with Crippen LogP contribution in [0.3, 0.4) is 0 Å². The van der Waals surface area contributed by atoms with Crippen LogP contribution in [0.5, 0.6) is 0 Å². The topological polar surface area (TPSA) is 100 Å². The Morgan fingerprint density at radius 1 is 1.07 bits per heavy atom. The number of anilines is 1. The maximum absolute atomic E-state index is 14.3. The Morgan fingerprint density at radius 2 is 1.87 bits per heavy atom. The molecule has 3 heterocycles. The minimum atomic E-state index is -0.413. The van der Waals surface area contributed by atoms with Gasteiger partial charge in [0, 0.05) is 27.9 Å². The van der Waals surface area contributed by atoms with Crippen LogP contribution in [0.15, 0.2) is 47.5 Å². The molecule has 0 aliphatic rings. The van der Waals surface area contributed by atoms with E-state index in [1.165, 1.54) is 6.07 Å². The zero-order valence-corrected chi connectivity index (χ0v) is 16.8. The Labute approximate surface area is 170 Å². The maximum Gasteiger partial charge on any atom is 0.272 e. The highest BCUT2D eigenvalue weighted by Gasteiger charge is 2.23. The molecule has 0 saturated carbocycles. The van der Waals surface area contributed by atoms with Crippen molar-refractivity contribution in [1.82, 2.24) is 20.2 Å². The molecule has 6 nitrogen and oxygen atoms in total. The highest BCUT2D eigenvalue weighted by molar-refractivity contribution is 6.15. The first-order valence-corrected chi connectivity index (χ1v) is 9.63. The SMILES string of the molecule is CC(C)(C)c1cc2c(-c3ccc(F)c4[nH]ncc34)c(N)c(=O)[nH]c2c2cccnc12. The number of aromatic amines is 2. The largest absolute Gasteiger partial charge is 0.394 e. The van der Waals surface area contributed by atoms with E-state index in [0.29, 0.717) is 22.0 Å². The van der Waals surface area contributed by atoms with Crippen LogP contribution in [0.1, 0.15) is 26.3 Å². The molecule has 30 heavy (non-hydrogen) atoms. The molecule has 3 aromatic heterocycles. The molecule has 0 atom stereocenters. The van der Waals surface area contributed by atoms with E-state index in [1.54, 1.807) is 18.5 Å². The average Bonchev–Trinajstić information content (AvgIpc) is 3.20. The number of nitrogen functional groups attached to an aromatic ring is 1. The van der Waals surface area contributed by atoms with Gasteiger partial charge >= 0.3 is 0 Å². The molecule has 0 aliphatic carbocycles. The van der Waals surface area contributed by atoms with Gasteiger partial charge in [-0.05, 0) is 40.8 Å². The lowest BCUT2D eigenvalue weighted by atomic mass is 9.83. The van der Waals surface area contributed by atoms with E-state index in [9.17, 15) is 9.18 Å². The van der Waals surface area contributed by atoms with Crippen molar-refractivity contribution in [2.45, 2.75) is 26.2 Å². The van der Waals surface area contributed by atoms with Crippen molar-refractivity contribution in [3.63, 3.8) is 0 Å². The summed E-state index contributed by atoms with van der Waals surface area (Å²) >= 11 is 0. The lowest BCUT2D eigenvalue weighted by Gasteiger charge is -2.23. The monoisotopic (exact) mass is 401 g/mol. The van der Waals surface area contributed by atoms with Crippen LogP contribution in [-0.2, 0) is 5.41 Å². The van der Waals surface area contributed by atoms with Crippen molar-refractivity contribution in [3.05, 3.63) is 64.5 Å². The molecule has 7 heteroatoms. The van der Waals surface area contributed by atoms with Gasteiger partial charge in [-0.15, -0.1) is 0 Å². The third-order valence-electron chi connectivity index (χ3n) is 5.55. The van der Waals surface area contributed by atoms with Crippen LogP contribution in [0.4, 0.5) is 10.1 Å². The van der Waals surface area contributed by atoms with Crippen LogP contribution >= 0.6 is 0 Å². The van der Waals surface area contributed by atoms with Gasteiger partial charge in [0.05, 0.1) is 17.2 Å². The summed E-state index contributed by atoms with van der Waals surface area (Å²) in [6.45, 7) is 6.34. The number of benzene rings is 2. The second-order valence-corrected chi connectivity index (χ2v) is 8.49. The van der Waals surface area contributed by atoms with E-state index in [2.05, 4.69) is 40.9 Å². The number of fused-ring (bicyclic) bond motifs is 4. The number of hydrogen-bond acceptors (Lipinski definition) is 4. The van der Waals surface area contributed by atoms with E-state index in [-0.39, 0.29) is 16.6 Å². The van der Waals surface area contributed by atoms with Crippen molar-refractivity contribution in [2.75, 3.05) is 5.73 Å². The van der Waals surface area contributed by atoms with Gasteiger partial charge in [0.25, 0.3) is 5.56 Å². The molecule has 0 radical (unpaired) electrons. The minimum absolute atomic E-state index is 0.0831. The third kappa shape index (κ3) is 2.51. The molecule has 5 rings (SSSR count). The number of H-pyrrole nitrogens is 2. The highest BCUT2D eigenvalue weighted by atomic mass is 19.1. The zero-order valence-electron chi connectivity index (χ0n) is 16.8. The molecule has 0 amide bonds. The molecule has 0 unspecified atom stereocenters. The van der Waals surface area contributed by atoms with Crippen molar-refractivity contribution >= 4 is 38.4 Å². The number of nitrogens with zero attached hydrogens (tertiary/aromatic N) is 2. The summed E-state index contributed by atoms with van der Waals surface area (Å²) in [5.74, 6) is -0.413. The van der Waals surface area contributed by atoms with Crippen molar-refractivity contribution in [3.8, 4) is 11.1 Å². The molecule has 150 valence electrons. The summed E-state index contributed by atoms with van der Waals surface area (Å²) in [7, 11) is 0. The summed E-state index contributed by atoms with van der Waals surface area (Å²) in [6, 6.07) is 8.81. The van der Waals surface area contributed by atoms with Crippen LogP contribution in [0.25, 0.3) is 43.8 Å².